The Morgan fingerprint density at radius 1 is 1.24 bits per heavy atom. The molecule has 5 nitrogen and oxygen atoms in total. The highest BCUT2D eigenvalue weighted by Crippen LogP contribution is 2.35. The molecule has 0 amide bonds. The van der Waals surface area contributed by atoms with Gasteiger partial charge in [0.2, 0.25) is 0 Å². The molecule has 9 heteroatoms. The van der Waals surface area contributed by atoms with Crippen LogP contribution in [0.5, 0.6) is 0 Å². The lowest BCUT2D eigenvalue weighted by Crippen LogP contribution is -2.29. The fourth-order valence-corrected chi connectivity index (χ4v) is 4.76. The van der Waals surface area contributed by atoms with Crippen LogP contribution in [0.15, 0.2) is 52.2 Å². The Morgan fingerprint density at radius 2 is 2.10 bits per heavy atom. The van der Waals surface area contributed by atoms with Gasteiger partial charge in [-0.1, -0.05) is 11.6 Å². The van der Waals surface area contributed by atoms with Gasteiger partial charge < -0.3 is 20.3 Å². The van der Waals surface area contributed by atoms with Gasteiger partial charge in [-0.05, 0) is 61.8 Å². The van der Waals surface area contributed by atoms with Crippen molar-refractivity contribution in [1.82, 2.24) is 10.3 Å². The number of anilines is 4. The van der Waals surface area contributed by atoms with E-state index in [1.165, 1.54) is 29.4 Å². The molecule has 1 atom stereocenters. The first-order valence-corrected chi connectivity index (χ1v) is 11.4. The average molecular weight is 450 g/mol. The highest BCUT2D eigenvalue weighted by molar-refractivity contribution is 8.00. The van der Waals surface area contributed by atoms with Crippen LogP contribution in [0.25, 0.3) is 0 Å². The molecule has 3 N–H and O–H groups in total. The monoisotopic (exact) mass is 449 g/mol. The number of thiazole rings is 1. The van der Waals surface area contributed by atoms with Crippen LogP contribution in [0.3, 0.4) is 0 Å². The maximum atomic E-state index is 13.9. The molecule has 152 valence electrons. The van der Waals surface area contributed by atoms with Crippen molar-refractivity contribution < 1.29 is 4.39 Å². The summed E-state index contributed by atoms with van der Waals surface area (Å²) in [5.41, 5.74) is 4.25. The molecule has 1 aliphatic rings. The SMILES string of the molecule is CN[C@@H]1CCN(c2cc(F)ccc2Nc2ccc(SNc3cscn3)cc2Cl)C1. The lowest BCUT2D eigenvalue weighted by molar-refractivity contribution is 0.615. The Balaban J connectivity index is 1.50. The predicted molar refractivity (Wildman–Crippen MR) is 122 cm³/mol. The molecule has 1 aromatic heterocycles. The smallest absolute Gasteiger partial charge is 0.147 e. The molecule has 0 bridgehead atoms. The second-order valence-corrected chi connectivity index (χ2v) is 8.73. The summed E-state index contributed by atoms with van der Waals surface area (Å²) in [5.74, 6) is 0.573. The van der Waals surface area contributed by atoms with Crippen LogP contribution in [0.4, 0.5) is 27.3 Å². The fraction of sp³-hybridized carbons (Fsp3) is 0.250. The number of aromatic nitrogens is 1. The molecular formula is C20H21ClFN5S2. The number of likely N-dealkylation sites (N-methyl/N-ethyl adjacent to an activating group) is 1. The van der Waals surface area contributed by atoms with Crippen LogP contribution in [0, 0.1) is 5.82 Å². The van der Waals surface area contributed by atoms with Crippen molar-refractivity contribution in [1.29, 1.82) is 0 Å². The lowest BCUT2D eigenvalue weighted by atomic mass is 10.2. The molecule has 0 unspecified atom stereocenters. The minimum absolute atomic E-state index is 0.246. The summed E-state index contributed by atoms with van der Waals surface area (Å²) in [7, 11) is 1.96. The highest BCUT2D eigenvalue weighted by atomic mass is 35.5. The summed E-state index contributed by atoms with van der Waals surface area (Å²) in [5, 5.41) is 9.21. The van der Waals surface area contributed by atoms with E-state index in [4.69, 9.17) is 11.6 Å². The van der Waals surface area contributed by atoms with Crippen LogP contribution < -0.4 is 20.3 Å². The van der Waals surface area contributed by atoms with Crippen molar-refractivity contribution in [3.05, 3.63) is 58.1 Å². The van der Waals surface area contributed by atoms with Crippen molar-refractivity contribution >= 4 is 57.8 Å². The van der Waals surface area contributed by atoms with Gasteiger partial charge in [-0.2, -0.15) is 0 Å². The number of nitrogens with one attached hydrogen (secondary N) is 3. The number of benzene rings is 2. The Bertz CT molecular complexity index is 970. The van der Waals surface area contributed by atoms with Crippen LogP contribution in [0.2, 0.25) is 5.02 Å². The first-order valence-electron chi connectivity index (χ1n) is 9.22. The summed E-state index contributed by atoms with van der Waals surface area (Å²) in [6.45, 7) is 1.73. The molecule has 4 rings (SSSR count). The van der Waals surface area contributed by atoms with Crippen molar-refractivity contribution in [3.8, 4) is 0 Å². The maximum absolute atomic E-state index is 13.9. The Morgan fingerprint density at radius 3 is 2.83 bits per heavy atom. The molecule has 0 spiro atoms. The second kappa shape index (κ2) is 9.21. The third kappa shape index (κ3) is 4.95. The fourth-order valence-electron chi connectivity index (χ4n) is 3.27. The van der Waals surface area contributed by atoms with E-state index >= 15 is 0 Å². The van der Waals surface area contributed by atoms with E-state index in [0.29, 0.717) is 11.1 Å². The number of halogens is 2. The molecule has 2 aromatic carbocycles. The minimum atomic E-state index is -0.246. The summed E-state index contributed by atoms with van der Waals surface area (Å²) in [6, 6.07) is 11.0. The molecule has 0 aliphatic carbocycles. The van der Waals surface area contributed by atoms with Crippen LogP contribution >= 0.6 is 34.9 Å². The quantitative estimate of drug-likeness (QED) is 0.408. The summed E-state index contributed by atoms with van der Waals surface area (Å²) >= 11 is 9.50. The van der Waals surface area contributed by atoms with Gasteiger partial charge in [0.25, 0.3) is 0 Å². The van der Waals surface area contributed by atoms with Gasteiger partial charge in [0, 0.05) is 29.4 Å². The zero-order valence-electron chi connectivity index (χ0n) is 15.8. The molecular weight excluding hydrogens is 429 g/mol. The van der Waals surface area contributed by atoms with Crippen molar-refractivity contribution in [2.45, 2.75) is 17.4 Å². The van der Waals surface area contributed by atoms with E-state index in [0.717, 1.165) is 47.3 Å². The molecule has 1 aliphatic heterocycles. The molecule has 1 fully saturated rings. The van der Waals surface area contributed by atoms with E-state index in [2.05, 4.69) is 25.2 Å². The normalized spacial score (nSPS) is 16.2. The van der Waals surface area contributed by atoms with Gasteiger partial charge >= 0.3 is 0 Å². The minimum Gasteiger partial charge on any atom is -0.368 e. The third-order valence-corrected chi connectivity index (χ3v) is 6.51. The first kappa shape index (κ1) is 20.3. The summed E-state index contributed by atoms with van der Waals surface area (Å²) < 4.78 is 17.1. The Kier molecular flexibility index (Phi) is 6.44. The predicted octanol–water partition coefficient (Wildman–Crippen LogP) is 5.60. The average Bonchev–Trinajstić information content (AvgIpc) is 3.41. The van der Waals surface area contributed by atoms with Gasteiger partial charge in [0.05, 0.1) is 27.6 Å². The second-order valence-electron chi connectivity index (χ2n) is 6.73. The van der Waals surface area contributed by atoms with Gasteiger partial charge in [-0.3, -0.25) is 0 Å². The highest BCUT2D eigenvalue weighted by Gasteiger charge is 2.23. The molecule has 29 heavy (non-hydrogen) atoms. The van der Waals surface area contributed by atoms with Crippen molar-refractivity contribution in [3.63, 3.8) is 0 Å². The van der Waals surface area contributed by atoms with Gasteiger partial charge in [0.15, 0.2) is 0 Å². The number of hydrogen-bond donors (Lipinski definition) is 3. The molecule has 0 radical (unpaired) electrons. The first-order chi connectivity index (χ1) is 14.1. The maximum Gasteiger partial charge on any atom is 0.147 e. The number of nitrogens with zero attached hydrogens (tertiary/aromatic N) is 2. The lowest BCUT2D eigenvalue weighted by Gasteiger charge is -2.23. The van der Waals surface area contributed by atoms with E-state index in [9.17, 15) is 4.39 Å². The van der Waals surface area contributed by atoms with Crippen LogP contribution in [0.1, 0.15) is 6.42 Å². The largest absolute Gasteiger partial charge is 0.368 e. The molecule has 1 saturated heterocycles. The van der Waals surface area contributed by atoms with E-state index in [-0.39, 0.29) is 5.82 Å². The van der Waals surface area contributed by atoms with Crippen molar-refractivity contribution in [2.24, 2.45) is 0 Å². The number of rotatable bonds is 7. The summed E-state index contributed by atoms with van der Waals surface area (Å²) in [4.78, 5) is 7.37. The van der Waals surface area contributed by atoms with Crippen molar-refractivity contribution in [2.75, 3.05) is 35.1 Å². The Labute approximate surface area is 182 Å². The topological polar surface area (TPSA) is 52.2 Å². The van der Waals surface area contributed by atoms with Crippen LogP contribution in [-0.4, -0.2) is 31.2 Å². The van der Waals surface area contributed by atoms with E-state index in [1.807, 2.05) is 30.6 Å². The zero-order chi connectivity index (χ0) is 20.2. The number of hydrogen-bond acceptors (Lipinski definition) is 7. The van der Waals surface area contributed by atoms with Gasteiger partial charge in [-0.25, -0.2) is 9.37 Å². The zero-order valence-corrected chi connectivity index (χ0v) is 18.2. The van der Waals surface area contributed by atoms with Gasteiger partial charge in [0.1, 0.15) is 11.6 Å². The van der Waals surface area contributed by atoms with Gasteiger partial charge in [-0.15, -0.1) is 11.3 Å². The van der Waals surface area contributed by atoms with Crippen LogP contribution in [-0.2, 0) is 0 Å². The Hall–Kier alpha value is -2.00. The molecule has 0 saturated carbocycles. The summed E-state index contributed by atoms with van der Waals surface area (Å²) in [6.07, 6.45) is 1.03. The van der Waals surface area contributed by atoms with E-state index in [1.54, 1.807) is 17.6 Å². The standard InChI is InChI=1S/C20H21ClFN5S2/c1-23-14-6-7-27(10-14)19-8-13(22)2-4-18(19)25-17-5-3-15(9-16(17)21)29-26-20-11-28-12-24-20/h2-5,8-9,11-12,14,23,25-26H,6-7,10H2,1H3/t14-/m1/s1. The van der Waals surface area contributed by atoms with E-state index < -0.39 is 0 Å². The molecule has 3 aromatic rings. The third-order valence-electron chi connectivity index (χ3n) is 4.81. The molecule has 2 heterocycles.